The Morgan fingerprint density at radius 1 is 1.21 bits per heavy atom. The van der Waals surface area contributed by atoms with Gasteiger partial charge in [-0.3, -0.25) is 0 Å². The van der Waals surface area contributed by atoms with Crippen molar-refractivity contribution in [2.45, 2.75) is 57.2 Å². The highest BCUT2D eigenvalue weighted by Gasteiger charge is 2.68. The largest absolute Gasteiger partial charge is 0.119 e. The summed E-state index contributed by atoms with van der Waals surface area (Å²) in [6.45, 7) is 4.81. The second kappa shape index (κ2) is 2.40. The molecule has 0 aromatic rings. The van der Waals surface area contributed by atoms with Crippen molar-refractivity contribution in [2.75, 3.05) is 0 Å². The summed E-state index contributed by atoms with van der Waals surface area (Å²) in [6.07, 6.45) is 10.3. The lowest BCUT2D eigenvalue weighted by Crippen LogP contribution is -2.64. The summed E-state index contributed by atoms with van der Waals surface area (Å²) >= 11 is 6.32. The van der Waals surface area contributed by atoms with E-state index in [4.69, 9.17) is 11.6 Å². The van der Waals surface area contributed by atoms with Crippen molar-refractivity contribution in [3.63, 3.8) is 0 Å². The number of rotatable bonds is 1. The highest BCUT2D eigenvalue weighted by Crippen LogP contribution is 2.75. The first kappa shape index (κ1) is 9.27. The molecule has 4 aliphatic rings. The van der Waals surface area contributed by atoms with E-state index in [1.165, 1.54) is 38.5 Å². The molecule has 1 heteroatoms. The SMILES string of the molecule is CC1(C)CCC=C(C23CC(Cl)(C2)C3)C1. The van der Waals surface area contributed by atoms with E-state index in [0.29, 0.717) is 10.8 Å². The van der Waals surface area contributed by atoms with Crippen LogP contribution in [-0.2, 0) is 0 Å². The Kier molecular flexibility index (Phi) is 1.59. The van der Waals surface area contributed by atoms with Gasteiger partial charge in [-0.2, -0.15) is 0 Å². The van der Waals surface area contributed by atoms with Crippen LogP contribution in [0, 0.1) is 10.8 Å². The molecule has 0 aromatic heterocycles. The van der Waals surface area contributed by atoms with Crippen LogP contribution in [0.1, 0.15) is 52.4 Å². The Labute approximate surface area is 91.7 Å². The standard InChI is InChI=1S/C13H19Cl/c1-11(2)5-3-4-10(6-11)12-7-13(14,8-12)9-12/h4H,3,5-9H2,1-2H3. The van der Waals surface area contributed by atoms with Crippen LogP contribution >= 0.6 is 11.6 Å². The van der Waals surface area contributed by atoms with Crippen LogP contribution in [0.25, 0.3) is 0 Å². The summed E-state index contributed by atoms with van der Waals surface area (Å²) in [7, 11) is 0. The van der Waals surface area contributed by atoms with E-state index < -0.39 is 0 Å². The third-order valence-corrected chi connectivity index (χ3v) is 4.93. The maximum absolute atomic E-state index is 6.32. The molecule has 0 heterocycles. The van der Waals surface area contributed by atoms with Gasteiger partial charge in [-0.15, -0.1) is 11.6 Å². The summed E-state index contributed by atoms with van der Waals surface area (Å²) in [6, 6.07) is 0. The van der Waals surface area contributed by atoms with E-state index in [9.17, 15) is 0 Å². The first-order valence-corrected chi connectivity index (χ1v) is 6.20. The predicted octanol–water partition coefficient (Wildman–Crippen LogP) is 4.28. The molecular formula is C13H19Cl. The lowest BCUT2D eigenvalue weighted by Gasteiger charge is -2.69. The predicted molar refractivity (Wildman–Crippen MR) is 60.6 cm³/mol. The second-order valence-corrected chi connectivity index (χ2v) is 7.37. The van der Waals surface area contributed by atoms with Crippen molar-refractivity contribution in [3.05, 3.63) is 11.6 Å². The minimum atomic E-state index is 0.239. The smallest absolute Gasteiger partial charge is 0.0472 e. The van der Waals surface area contributed by atoms with Crippen LogP contribution in [0.4, 0.5) is 0 Å². The molecule has 0 spiro atoms. The molecule has 0 saturated heterocycles. The zero-order valence-corrected chi connectivity index (χ0v) is 9.95. The molecular weight excluding hydrogens is 192 g/mol. The molecule has 0 amide bonds. The van der Waals surface area contributed by atoms with Gasteiger partial charge in [0.2, 0.25) is 0 Å². The van der Waals surface area contributed by atoms with Crippen LogP contribution in [0.5, 0.6) is 0 Å². The average molecular weight is 211 g/mol. The first-order chi connectivity index (χ1) is 6.43. The van der Waals surface area contributed by atoms with Crippen molar-refractivity contribution in [3.8, 4) is 0 Å². The Bertz CT molecular complexity index is 291. The molecule has 0 atom stereocenters. The summed E-state index contributed by atoms with van der Waals surface area (Å²) in [5.41, 5.74) is 2.87. The highest BCUT2D eigenvalue weighted by molar-refractivity contribution is 6.26. The van der Waals surface area contributed by atoms with E-state index in [1.807, 2.05) is 0 Å². The minimum Gasteiger partial charge on any atom is -0.119 e. The minimum absolute atomic E-state index is 0.239. The molecule has 4 rings (SSSR count). The number of hydrogen-bond donors (Lipinski definition) is 0. The van der Waals surface area contributed by atoms with Gasteiger partial charge >= 0.3 is 0 Å². The van der Waals surface area contributed by atoms with Gasteiger partial charge < -0.3 is 0 Å². The van der Waals surface area contributed by atoms with E-state index in [2.05, 4.69) is 19.9 Å². The number of hydrogen-bond acceptors (Lipinski definition) is 0. The summed E-state index contributed by atoms with van der Waals surface area (Å²) < 4.78 is 0. The highest BCUT2D eigenvalue weighted by atomic mass is 35.5. The number of halogens is 1. The van der Waals surface area contributed by atoms with Crippen LogP contribution in [0.2, 0.25) is 0 Å². The van der Waals surface area contributed by atoms with E-state index in [-0.39, 0.29) is 4.87 Å². The summed E-state index contributed by atoms with van der Waals surface area (Å²) in [4.78, 5) is 0.239. The maximum Gasteiger partial charge on any atom is 0.0472 e. The Morgan fingerprint density at radius 3 is 2.36 bits per heavy atom. The zero-order valence-electron chi connectivity index (χ0n) is 9.20. The zero-order chi connectivity index (χ0) is 10.0. The fraction of sp³-hybridized carbons (Fsp3) is 0.846. The first-order valence-electron chi connectivity index (χ1n) is 5.82. The molecule has 0 radical (unpaired) electrons. The van der Waals surface area contributed by atoms with Gasteiger partial charge in [0.15, 0.2) is 0 Å². The third kappa shape index (κ3) is 1.13. The van der Waals surface area contributed by atoms with Crippen LogP contribution in [0.15, 0.2) is 11.6 Å². The molecule has 2 bridgehead atoms. The molecule has 3 fully saturated rings. The van der Waals surface area contributed by atoms with Gasteiger partial charge in [-0.1, -0.05) is 25.5 Å². The van der Waals surface area contributed by atoms with Crippen molar-refractivity contribution in [2.24, 2.45) is 10.8 Å². The van der Waals surface area contributed by atoms with Crippen LogP contribution in [-0.4, -0.2) is 4.87 Å². The van der Waals surface area contributed by atoms with Crippen LogP contribution < -0.4 is 0 Å². The van der Waals surface area contributed by atoms with Gasteiger partial charge in [0.05, 0.1) is 0 Å². The van der Waals surface area contributed by atoms with Crippen LogP contribution in [0.3, 0.4) is 0 Å². The fourth-order valence-electron chi connectivity index (χ4n) is 3.72. The maximum atomic E-state index is 6.32. The number of allylic oxidation sites excluding steroid dienone is 2. The molecule has 0 nitrogen and oxygen atoms in total. The van der Waals surface area contributed by atoms with Gasteiger partial charge in [0.25, 0.3) is 0 Å². The Morgan fingerprint density at radius 2 is 1.86 bits per heavy atom. The van der Waals surface area contributed by atoms with Gasteiger partial charge in [-0.25, -0.2) is 0 Å². The monoisotopic (exact) mass is 210 g/mol. The normalized spacial score (nSPS) is 48.9. The van der Waals surface area contributed by atoms with Crippen molar-refractivity contribution in [1.82, 2.24) is 0 Å². The second-order valence-electron chi connectivity index (χ2n) is 6.57. The Balaban J connectivity index is 1.78. The van der Waals surface area contributed by atoms with Crippen molar-refractivity contribution < 1.29 is 0 Å². The Hall–Kier alpha value is 0.0300. The number of alkyl halides is 1. The molecule has 0 N–H and O–H groups in total. The van der Waals surface area contributed by atoms with E-state index >= 15 is 0 Å². The topological polar surface area (TPSA) is 0 Å². The summed E-state index contributed by atoms with van der Waals surface area (Å²) in [5.74, 6) is 0. The molecule has 3 saturated carbocycles. The lowest BCUT2D eigenvalue weighted by molar-refractivity contribution is -0.0519. The molecule has 0 unspecified atom stereocenters. The fourth-order valence-corrected chi connectivity index (χ4v) is 4.49. The van der Waals surface area contributed by atoms with E-state index in [1.54, 1.807) is 5.57 Å². The van der Waals surface area contributed by atoms with Crippen molar-refractivity contribution >= 4 is 11.6 Å². The molecule has 78 valence electrons. The van der Waals surface area contributed by atoms with Gasteiger partial charge in [0, 0.05) is 4.87 Å². The average Bonchev–Trinajstić information content (AvgIpc) is 1.95. The van der Waals surface area contributed by atoms with E-state index in [0.717, 1.165) is 0 Å². The van der Waals surface area contributed by atoms with Crippen molar-refractivity contribution in [1.29, 1.82) is 0 Å². The lowest BCUT2D eigenvalue weighted by atomic mass is 9.40. The third-order valence-electron chi connectivity index (χ3n) is 4.53. The molecule has 0 aliphatic heterocycles. The quantitative estimate of drug-likeness (QED) is 0.448. The van der Waals surface area contributed by atoms with Gasteiger partial charge in [0.1, 0.15) is 0 Å². The molecule has 4 aliphatic carbocycles. The molecule has 0 aromatic carbocycles. The van der Waals surface area contributed by atoms with Gasteiger partial charge in [-0.05, 0) is 49.4 Å². The molecule has 14 heavy (non-hydrogen) atoms. The summed E-state index contributed by atoms with van der Waals surface area (Å²) in [5, 5.41) is 0.